The maximum Gasteiger partial charge on any atom is 0.305 e. The second-order valence-electron chi connectivity index (χ2n) is 11.8. The van der Waals surface area contributed by atoms with Gasteiger partial charge in [0.05, 0.1) is 16.9 Å². The molecule has 3 fully saturated rings. The fraction of sp³-hybridized carbons (Fsp3) is 0.438. The fourth-order valence-corrected chi connectivity index (χ4v) is 11.0. The second kappa shape index (κ2) is 10.4. The van der Waals surface area contributed by atoms with E-state index >= 15 is 0 Å². The van der Waals surface area contributed by atoms with Crippen molar-refractivity contribution in [2.24, 2.45) is 29.6 Å². The first-order chi connectivity index (χ1) is 20.3. The van der Waals surface area contributed by atoms with Gasteiger partial charge in [-0.3, -0.25) is 24.1 Å². The van der Waals surface area contributed by atoms with Gasteiger partial charge in [0.15, 0.2) is 0 Å². The van der Waals surface area contributed by atoms with E-state index in [1.165, 1.54) is 16.2 Å². The molecule has 4 aliphatic rings. The van der Waals surface area contributed by atoms with Crippen LogP contribution in [0.5, 0.6) is 0 Å². The number of nitrogens with one attached hydrogen (secondary N) is 2. The quantitative estimate of drug-likeness (QED) is 0.380. The minimum absolute atomic E-state index is 0.0155. The number of hydrogen-bond acceptors (Lipinski definition) is 7. The Kier molecular flexibility index (Phi) is 6.81. The number of likely N-dealkylation sites (tertiary alicyclic amines) is 1. The summed E-state index contributed by atoms with van der Waals surface area (Å²) in [5.74, 6) is -1.44. The molecule has 218 valence electrons. The molecule has 6 unspecified atom stereocenters. The van der Waals surface area contributed by atoms with Gasteiger partial charge in [-0.2, -0.15) is 0 Å². The number of amides is 3. The summed E-state index contributed by atoms with van der Waals surface area (Å²) in [7, 11) is 0. The summed E-state index contributed by atoms with van der Waals surface area (Å²) in [5, 5.41) is 3.90. The Balaban J connectivity index is 1.18. The molecule has 3 aromatic rings. The van der Waals surface area contributed by atoms with Crippen molar-refractivity contribution in [3.63, 3.8) is 0 Å². The SMILES string of the molecule is CCN(CC)c1ccc([C@H]2c3sc(=O)[nH]c3SC3C4CC(C5C(=O)N(CC(=O)Nc6ccccc6C)C(=O)C45)C32)cc1. The molecular weight excluding hydrogens is 569 g/mol. The lowest BCUT2D eigenvalue weighted by Crippen LogP contribution is -2.42. The van der Waals surface area contributed by atoms with E-state index < -0.39 is 11.8 Å². The van der Waals surface area contributed by atoms with Crippen LogP contribution < -0.4 is 15.1 Å². The van der Waals surface area contributed by atoms with Gasteiger partial charge < -0.3 is 15.2 Å². The summed E-state index contributed by atoms with van der Waals surface area (Å²) >= 11 is 2.95. The van der Waals surface area contributed by atoms with Crippen LogP contribution >= 0.6 is 23.1 Å². The van der Waals surface area contributed by atoms with Gasteiger partial charge in [-0.25, -0.2) is 0 Å². The number of aromatic nitrogens is 1. The Labute approximate surface area is 252 Å². The molecule has 1 aromatic heterocycles. The number of para-hydroxylation sites is 1. The number of aryl methyl sites for hydroxylation is 1. The summed E-state index contributed by atoms with van der Waals surface area (Å²) in [6.07, 6.45) is 0.825. The van der Waals surface area contributed by atoms with E-state index in [4.69, 9.17) is 0 Å². The summed E-state index contributed by atoms with van der Waals surface area (Å²) in [6, 6.07) is 16.1. The number of imide groups is 1. The van der Waals surface area contributed by atoms with Crippen molar-refractivity contribution in [1.82, 2.24) is 9.88 Å². The molecule has 2 saturated carbocycles. The molecule has 2 N–H and O–H groups in total. The molecule has 0 radical (unpaired) electrons. The van der Waals surface area contributed by atoms with Crippen LogP contribution in [0.2, 0.25) is 0 Å². The normalized spacial score (nSPS) is 28.9. The number of rotatable bonds is 7. The van der Waals surface area contributed by atoms with Crippen molar-refractivity contribution in [1.29, 1.82) is 0 Å². The monoisotopic (exact) mass is 602 g/mol. The number of aromatic amines is 1. The van der Waals surface area contributed by atoms with Gasteiger partial charge in [-0.05, 0) is 74.3 Å². The number of nitrogens with zero attached hydrogens (tertiary/aromatic N) is 2. The molecule has 0 spiro atoms. The Bertz CT molecular complexity index is 1630. The molecule has 3 amide bonds. The number of carbonyl (C=O) groups is 3. The summed E-state index contributed by atoms with van der Waals surface area (Å²) in [4.78, 5) is 60.6. The molecule has 42 heavy (non-hydrogen) atoms. The summed E-state index contributed by atoms with van der Waals surface area (Å²) in [5.41, 5.74) is 3.91. The zero-order valence-electron chi connectivity index (χ0n) is 23.8. The van der Waals surface area contributed by atoms with Crippen molar-refractivity contribution in [3.05, 3.63) is 74.2 Å². The maximum atomic E-state index is 13.9. The minimum Gasteiger partial charge on any atom is -0.372 e. The standard InChI is InChI=1S/C32H34N4O4S2/c1-4-35(5-2)18-12-10-17(11-13-18)23-24-19-14-20(27(24)41-29-28(23)42-32(40)34-29)26-25(19)30(38)36(31(26)39)15-22(37)33-21-9-7-6-8-16(21)3/h6-13,19-20,23-27H,4-5,14-15H2,1-3H3,(H,33,37)(H,34,40)/t19?,20?,23-,24?,25?,26?,27?/m1/s1. The number of H-pyrrole nitrogens is 1. The topological polar surface area (TPSA) is 103 Å². The van der Waals surface area contributed by atoms with Crippen LogP contribution in [0, 0.1) is 36.5 Å². The van der Waals surface area contributed by atoms with Crippen molar-refractivity contribution >= 4 is 52.2 Å². The highest BCUT2D eigenvalue weighted by Crippen LogP contribution is 2.68. The third-order valence-corrected chi connectivity index (χ3v) is 12.5. The number of anilines is 2. The van der Waals surface area contributed by atoms with Crippen molar-refractivity contribution in [3.8, 4) is 0 Å². The molecule has 2 aliphatic carbocycles. The number of thioether (sulfide) groups is 1. The second-order valence-corrected chi connectivity index (χ2v) is 14.1. The number of fused-ring (bicyclic) bond motifs is 9. The third kappa shape index (κ3) is 4.17. The first-order valence-electron chi connectivity index (χ1n) is 14.8. The van der Waals surface area contributed by atoms with E-state index in [0.29, 0.717) is 5.69 Å². The molecule has 1 saturated heterocycles. The van der Waals surface area contributed by atoms with Crippen LogP contribution in [0.3, 0.4) is 0 Å². The highest BCUT2D eigenvalue weighted by molar-refractivity contribution is 8.00. The van der Waals surface area contributed by atoms with Crippen LogP contribution in [0.4, 0.5) is 11.4 Å². The highest BCUT2D eigenvalue weighted by Gasteiger charge is 2.69. The van der Waals surface area contributed by atoms with Crippen molar-refractivity contribution < 1.29 is 14.4 Å². The first-order valence-corrected chi connectivity index (χ1v) is 16.5. The predicted octanol–water partition coefficient (Wildman–Crippen LogP) is 4.70. The lowest BCUT2D eigenvalue weighted by atomic mass is 9.68. The van der Waals surface area contributed by atoms with Gasteiger partial charge in [0.2, 0.25) is 17.7 Å². The van der Waals surface area contributed by atoms with Crippen LogP contribution in [0.1, 0.15) is 42.2 Å². The Morgan fingerprint density at radius 3 is 2.38 bits per heavy atom. The van der Waals surface area contributed by atoms with Gasteiger partial charge in [0.1, 0.15) is 6.54 Å². The summed E-state index contributed by atoms with van der Waals surface area (Å²) < 4.78 is 0. The van der Waals surface area contributed by atoms with E-state index in [1.807, 2.05) is 31.2 Å². The molecule has 3 heterocycles. The number of carbonyl (C=O) groups excluding carboxylic acids is 3. The summed E-state index contributed by atoms with van der Waals surface area (Å²) in [6.45, 7) is 7.77. The third-order valence-electron chi connectivity index (χ3n) is 9.92. The van der Waals surface area contributed by atoms with Crippen LogP contribution in [0.15, 0.2) is 58.4 Å². The molecule has 2 bridgehead atoms. The largest absolute Gasteiger partial charge is 0.372 e. The Hall–Kier alpha value is -3.37. The minimum atomic E-state index is -0.412. The number of benzene rings is 2. The zero-order valence-corrected chi connectivity index (χ0v) is 25.5. The smallest absolute Gasteiger partial charge is 0.305 e. The molecule has 7 atom stereocenters. The van der Waals surface area contributed by atoms with Crippen molar-refractivity contribution in [2.45, 2.75) is 43.4 Å². The van der Waals surface area contributed by atoms with Crippen LogP contribution in [0.25, 0.3) is 0 Å². The molecule has 2 aromatic carbocycles. The molecule has 2 aliphatic heterocycles. The van der Waals surface area contributed by atoms with E-state index in [9.17, 15) is 19.2 Å². The van der Waals surface area contributed by atoms with Crippen LogP contribution in [-0.4, -0.2) is 52.5 Å². The van der Waals surface area contributed by atoms with E-state index in [2.05, 4.69) is 53.3 Å². The Morgan fingerprint density at radius 1 is 1.00 bits per heavy atom. The first kappa shape index (κ1) is 27.5. The predicted molar refractivity (Wildman–Crippen MR) is 165 cm³/mol. The molecule has 7 rings (SSSR count). The average Bonchev–Trinajstić information content (AvgIpc) is 3.71. The number of hydrogen-bond donors (Lipinski definition) is 2. The van der Waals surface area contributed by atoms with Crippen molar-refractivity contribution in [2.75, 3.05) is 29.9 Å². The van der Waals surface area contributed by atoms with E-state index in [1.54, 1.807) is 11.8 Å². The van der Waals surface area contributed by atoms with Gasteiger partial charge in [-0.1, -0.05) is 41.7 Å². The molecule has 8 nitrogen and oxygen atoms in total. The fourth-order valence-electron chi connectivity index (χ4n) is 8.14. The lowest BCUT2D eigenvalue weighted by molar-refractivity contribution is -0.143. The zero-order chi connectivity index (χ0) is 29.3. The van der Waals surface area contributed by atoms with Gasteiger partial charge >= 0.3 is 4.87 Å². The van der Waals surface area contributed by atoms with Crippen LogP contribution in [-0.2, 0) is 14.4 Å². The number of thiazole rings is 1. The highest BCUT2D eigenvalue weighted by atomic mass is 32.2. The Morgan fingerprint density at radius 2 is 1.69 bits per heavy atom. The lowest BCUT2D eigenvalue weighted by Gasteiger charge is -2.43. The average molecular weight is 603 g/mol. The van der Waals surface area contributed by atoms with Gasteiger partial charge in [-0.15, -0.1) is 11.8 Å². The van der Waals surface area contributed by atoms with E-state index in [-0.39, 0.29) is 58.1 Å². The maximum absolute atomic E-state index is 13.9. The molecular formula is C32H34N4O4S2. The molecule has 10 heteroatoms. The van der Waals surface area contributed by atoms with E-state index in [0.717, 1.165) is 46.2 Å². The van der Waals surface area contributed by atoms with Gasteiger partial charge in [0.25, 0.3) is 0 Å². The van der Waals surface area contributed by atoms with Gasteiger partial charge in [0, 0.05) is 40.5 Å².